The molecule has 4 heteroatoms. The van der Waals surface area contributed by atoms with Crippen molar-refractivity contribution in [1.29, 1.82) is 0 Å². The van der Waals surface area contributed by atoms with Gasteiger partial charge in [0.15, 0.2) is 0 Å². The van der Waals surface area contributed by atoms with E-state index in [1.807, 2.05) is 4.90 Å². The summed E-state index contributed by atoms with van der Waals surface area (Å²) in [5, 5.41) is 0. The third-order valence-electron chi connectivity index (χ3n) is 1.61. The van der Waals surface area contributed by atoms with E-state index in [0.29, 0.717) is 12.4 Å². The summed E-state index contributed by atoms with van der Waals surface area (Å²) in [6, 6.07) is 0. The van der Waals surface area contributed by atoms with E-state index in [2.05, 4.69) is 24.3 Å². The van der Waals surface area contributed by atoms with Crippen molar-refractivity contribution in [3.8, 4) is 0 Å². The first-order valence-electron chi connectivity index (χ1n) is 4.14. The van der Waals surface area contributed by atoms with E-state index in [-0.39, 0.29) is 5.97 Å². The molecule has 0 amide bonds. The van der Waals surface area contributed by atoms with Gasteiger partial charge in [-0.05, 0) is 13.0 Å². The van der Waals surface area contributed by atoms with Crippen molar-refractivity contribution in [1.82, 2.24) is 4.90 Å². The largest absolute Gasteiger partial charge is 0.468 e. The van der Waals surface area contributed by atoms with Crippen LogP contribution in [0.15, 0.2) is 0 Å². The van der Waals surface area contributed by atoms with Gasteiger partial charge in [0.25, 0.3) is 0 Å². The molecule has 0 N–H and O–H groups in total. The fraction of sp³-hybridized carbons (Fsp3) is 0.875. The molecule has 0 aliphatic carbocycles. The molecule has 0 unspecified atom stereocenters. The standard InChI is InChI=1S/C8H17NO2S/c1-3-4-5-9(7-12)6-8(10)11-2/h12H,3-7H2,1-2H3. The lowest BCUT2D eigenvalue weighted by molar-refractivity contribution is -0.141. The first kappa shape index (κ1) is 11.8. The number of ether oxygens (including phenoxy) is 1. The summed E-state index contributed by atoms with van der Waals surface area (Å²) in [5.74, 6) is 0.412. The van der Waals surface area contributed by atoms with Gasteiger partial charge in [0.1, 0.15) is 0 Å². The Balaban J connectivity index is 3.59. The highest BCUT2D eigenvalue weighted by Crippen LogP contribution is 1.96. The summed E-state index contributed by atoms with van der Waals surface area (Å²) in [6.07, 6.45) is 2.23. The van der Waals surface area contributed by atoms with E-state index in [1.54, 1.807) is 0 Å². The minimum atomic E-state index is -0.194. The number of rotatable bonds is 6. The van der Waals surface area contributed by atoms with Crippen LogP contribution in [-0.4, -0.2) is 36.9 Å². The minimum absolute atomic E-state index is 0.194. The molecule has 0 aromatic heterocycles. The molecular weight excluding hydrogens is 174 g/mol. The molecular formula is C8H17NO2S. The molecule has 0 saturated heterocycles. The molecule has 0 bridgehead atoms. The Morgan fingerprint density at radius 3 is 2.67 bits per heavy atom. The predicted octanol–water partition coefficient (Wildman–Crippen LogP) is 1.15. The van der Waals surface area contributed by atoms with Crippen LogP contribution < -0.4 is 0 Å². The number of hydrogen-bond donors (Lipinski definition) is 1. The number of methoxy groups -OCH3 is 1. The van der Waals surface area contributed by atoms with Crippen molar-refractivity contribution in [2.75, 3.05) is 26.1 Å². The Hall–Kier alpha value is -0.220. The predicted molar refractivity (Wildman–Crippen MR) is 52.4 cm³/mol. The Morgan fingerprint density at radius 2 is 2.25 bits per heavy atom. The average Bonchev–Trinajstić information content (AvgIpc) is 2.11. The van der Waals surface area contributed by atoms with Gasteiger partial charge in [-0.15, -0.1) is 0 Å². The molecule has 0 fully saturated rings. The molecule has 12 heavy (non-hydrogen) atoms. The van der Waals surface area contributed by atoms with Crippen LogP contribution in [0.3, 0.4) is 0 Å². The van der Waals surface area contributed by atoms with E-state index >= 15 is 0 Å². The summed E-state index contributed by atoms with van der Waals surface area (Å²) in [7, 11) is 1.40. The van der Waals surface area contributed by atoms with Crippen LogP contribution >= 0.6 is 12.6 Å². The first-order chi connectivity index (χ1) is 5.74. The molecule has 72 valence electrons. The van der Waals surface area contributed by atoms with Crippen molar-refractivity contribution < 1.29 is 9.53 Å². The van der Waals surface area contributed by atoms with Gasteiger partial charge in [-0.2, -0.15) is 12.6 Å². The second-order valence-corrected chi connectivity index (χ2v) is 2.91. The van der Waals surface area contributed by atoms with Crippen LogP contribution in [0.4, 0.5) is 0 Å². The summed E-state index contributed by atoms with van der Waals surface area (Å²) in [4.78, 5) is 12.8. The zero-order chi connectivity index (χ0) is 9.40. The lowest BCUT2D eigenvalue weighted by Crippen LogP contribution is -2.30. The lowest BCUT2D eigenvalue weighted by Gasteiger charge is -2.17. The maximum atomic E-state index is 10.8. The third kappa shape index (κ3) is 5.43. The summed E-state index contributed by atoms with van der Waals surface area (Å²) >= 11 is 4.12. The number of carbonyl (C=O) groups excluding carboxylic acids is 1. The fourth-order valence-corrected chi connectivity index (χ4v) is 1.07. The van der Waals surface area contributed by atoms with Crippen LogP contribution in [0, 0.1) is 0 Å². The topological polar surface area (TPSA) is 29.5 Å². The molecule has 0 radical (unpaired) electrons. The van der Waals surface area contributed by atoms with E-state index in [0.717, 1.165) is 19.4 Å². The highest BCUT2D eigenvalue weighted by Gasteiger charge is 2.07. The van der Waals surface area contributed by atoms with Crippen molar-refractivity contribution >= 4 is 18.6 Å². The van der Waals surface area contributed by atoms with Crippen molar-refractivity contribution in [3.63, 3.8) is 0 Å². The normalized spacial score (nSPS) is 10.3. The Bertz CT molecular complexity index is 130. The van der Waals surface area contributed by atoms with Crippen LogP contribution in [-0.2, 0) is 9.53 Å². The zero-order valence-electron chi connectivity index (χ0n) is 7.75. The van der Waals surface area contributed by atoms with Gasteiger partial charge in [-0.3, -0.25) is 9.69 Å². The molecule has 0 saturated carbocycles. The molecule has 0 aromatic rings. The average molecular weight is 191 g/mol. The van der Waals surface area contributed by atoms with Crippen molar-refractivity contribution in [3.05, 3.63) is 0 Å². The van der Waals surface area contributed by atoms with Crippen LogP contribution in [0.5, 0.6) is 0 Å². The summed E-state index contributed by atoms with van der Waals surface area (Å²) in [6.45, 7) is 3.38. The van der Waals surface area contributed by atoms with Crippen molar-refractivity contribution in [2.45, 2.75) is 19.8 Å². The van der Waals surface area contributed by atoms with Crippen LogP contribution in [0.2, 0.25) is 0 Å². The lowest BCUT2D eigenvalue weighted by atomic mass is 10.3. The van der Waals surface area contributed by atoms with Crippen LogP contribution in [0.1, 0.15) is 19.8 Å². The SMILES string of the molecule is CCCCN(CS)CC(=O)OC. The highest BCUT2D eigenvalue weighted by molar-refractivity contribution is 7.80. The van der Waals surface area contributed by atoms with Gasteiger partial charge >= 0.3 is 5.97 Å². The maximum Gasteiger partial charge on any atom is 0.319 e. The summed E-state index contributed by atoms with van der Waals surface area (Å²) < 4.78 is 4.55. The van der Waals surface area contributed by atoms with Crippen LogP contribution in [0.25, 0.3) is 0 Å². The van der Waals surface area contributed by atoms with Gasteiger partial charge in [0.05, 0.1) is 13.7 Å². The number of carbonyl (C=O) groups is 1. The molecule has 0 aliphatic rings. The molecule has 3 nitrogen and oxygen atoms in total. The molecule has 0 heterocycles. The molecule has 0 aliphatic heterocycles. The monoisotopic (exact) mass is 191 g/mol. The van der Waals surface area contributed by atoms with Gasteiger partial charge in [-0.25, -0.2) is 0 Å². The molecule has 0 aromatic carbocycles. The third-order valence-corrected chi connectivity index (χ3v) is 2.01. The quantitative estimate of drug-likeness (QED) is 0.388. The molecule has 0 spiro atoms. The number of nitrogens with zero attached hydrogens (tertiary/aromatic N) is 1. The first-order valence-corrected chi connectivity index (χ1v) is 4.77. The van der Waals surface area contributed by atoms with Crippen molar-refractivity contribution in [2.24, 2.45) is 0 Å². The Morgan fingerprint density at radius 1 is 1.58 bits per heavy atom. The smallest absolute Gasteiger partial charge is 0.319 e. The maximum absolute atomic E-state index is 10.8. The second-order valence-electron chi connectivity index (χ2n) is 2.62. The number of esters is 1. The van der Waals surface area contributed by atoms with E-state index < -0.39 is 0 Å². The minimum Gasteiger partial charge on any atom is -0.468 e. The second kappa shape index (κ2) is 7.43. The van der Waals surface area contributed by atoms with E-state index in [4.69, 9.17) is 0 Å². The highest BCUT2D eigenvalue weighted by atomic mass is 32.1. The van der Waals surface area contributed by atoms with Gasteiger partial charge in [0.2, 0.25) is 0 Å². The molecule has 0 rings (SSSR count). The van der Waals surface area contributed by atoms with Gasteiger partial charge in [-0.1, -0.05) is 13.3 Å². The van der Waals surface area contributed by atoms with Gasteiger partial charge in [0, 0.05) is 5.88 Å². The van der Waals surface area contributed by atoms with E-state index in [1.165, 1.54) is 7.11 Å². The van der Waals surface area contributed by atoms with Gasteiger partial charge < -0.3 is 4.74 Å². The number of thiol groups is 1. The Labute approximate surface area is 79.5 Å². The Kier molecular flexibility index (Phi) is 7.29. The number of hydrogen-bond acceptors (Lipinski definition) is 4. The fourth-order valence-electron chi connectivity index (χ4n) is 0.829. The van der Waals surface area contributed by atoms with E-state index in [9.17, 15) is 4.79 Å². The number of unbranched alkanes of at least 4 members (excludes halogenated alkanes) is 1. The summed E-state index contributed by atoms with van der Waals surface area (Å²) in [5.41, 5.74) is 0. The zero-order valence-corrected chi connectivity index (χ0v) is 8.64. The molecule has 0 atom stereocenters.